The van der Waals surface area contributed by atoms with E-state index >= 15 is 0 Å². The van der Waals surface area contributed by atoms with E-state index in [0.717, 1.165) is 22.2 Å². The van der Waals surface area contributed by atoms with Gasteiger partial charge in [0.2, 0.25) is 0 Å². The summed E-state index contributed by atoms with van der Waals surface area (Å²) in [6.07, 6.45) is 2.65. The Morgan fingerprint density at radius 3 is 2.83 bits per heavy atom. The average Bonchev–Trinajstić information content (AvgIpc) is 3.19. The average molecular weight is 385 g/mol. The number of benzene rings is 1. The van der Waals surface area contributed by atoms with Crippen molar-refractivity contribution in [2.45, 2.75) is 19.4 Å². The zero-order chi connectivity index (χ0) is 16.4. The number of carbonyl (C=O) groups is 1. The number of nitrogens with one attached hydrogen (secondary N) is 2. The fraction of sp³-hybridized carbons (Fsp3) is 0.235. The maximum Gasteiger partial charge on any atom is 0.265 e. The van der Waals surface area contributed by atoms with Gasteiger partial charge in [0.15, 0.2) is 0 Å². The van der Waals surface area contributed by atoms with Crippen LogP contribution >= 0.6 is 35.3 Å². The van der Waals surface area contributed by atoms with Crippen LogP contribution in [-0.4, -0.2) is 18.0 Å². The third-order valence-corrected chi connectivity index (χ3v) is 5.11. The molecule has 0 spiro atoms. The Morgan fingerprint density at radius 2 is 2.21 bits per heavy atom. The van der Waals surface area contributed by atoms with Gasteiger partial charge in [0.1, 0.15) is 10.6 Å². The van der Waals surface area contributed by atoms with Crippen LogP contribution in [0.2, 0.25) is 5.02 Å². The maximum atomic E-state index is 12.7. The minimum Gasteiger partial charge on any atom is -0.494 e. The number of hydrogen-bond acceptors (Lipinski definition) is 3. The monoisotopic (exact) mass is 384 g/mol. The molecule has 1 aromatic carbocycles. The lowest BCUT2D eigenvalue weighted by Gasteiger charge is -2.15. The second-order valence-electron chi connectivity index (χ2n) is 5.16. The molecule has 4 nitrogen and oxygen atoms in total. The van der Waals surface area contributed by atoms with Gasteiger partial charge in [-0.2, -0.15) is 0 Å². The number of rotatable bonds is 5. The Bertz CT molecular complexity index is 831. The Hall–Kier alpha value is -1.69. The van der Waals surface area contributed by atoms with Crippen LogP contribution in [0, 0.1) is 0 Å². The van der Waals surface area contributed by atoms with Crippen molar-refractivity contribution in [1.82, 2.24) is 10.3 Å². The normalized spacial score (nSPS) is 11.8. The predicted octanol–water partition coefficient (Wildman–Crippen LogP) is 5.19. The molecule has 24 heavy (non-hydrogen) atoms. The van der Waals surface area contributed by atoms with Crippen molar-refractivity contribution in [1.29, 1.82) is 0 Å². The molecule has 128 valence electrons. The molecule has 0 saturated heterocycles. The van der Waals surface area contributed by atoms with Crippen molar-refractivity contribution >= 4 is 51.3 Å². The van der Waals surface area contributed by atoms with E-state index in [9.17, 15) is 4.79 Å². The van der Waals surface area contributed by atoms with E-state index in [0.29, 0.717) is 15.6 Å². The van der Waals surface area contributed by atoms with Gasteiger partial charge in [0, 0.05) is 27.0 Å². The van der Waals surface area contributed by atoms with Crippen LogP contribution in [0.15, 0.2) is 36.5 Å². The SMILES string of the molecule is CCC(NC(=O)c1sc2ccc(Cl)cc2c1OC)c1ccc[nH]1.Cl. The fourth-order valence-electron chi connectivity index (χ4n) is 2.58. The number of aromatic nitrogens is 1. The molecule has 0 bridgehead atoms. The summed E-state index contributed by atoms with van der Waals surface area (Å²) in [7, 11) is 1.57. The lowest BCUT2D eigenvalue weighted by molar-refractivity contribution is 0.0936. The topological polar surface area (TPSA) is 54.1 Å². The highest BCUT2D eigenvalue weighted by atomic mass is 35.5. The first-order valence-corrected chi connectivity index (χ1v) is 8.53. The van der Waals surface area contributed by atoms with Crippen molar-refractivity contribution in [2.75, 3.05) is 7.11 Å². The highest BCUT2D eigenvalue weighted by Gasteiger charge is 2.22. The molecule has 0 aliphatic carbocycles. The van der Waals surface area contributed by atoms with Crippen LogP contribution in [0.3, 0.4) is 0 Å². The lowest BCUT2D eigenvalue weighted by atomic mass is 10.1. The molecule has 2 N–H and O–H groups in total. The van der Waals surface area contributed by atoms with E-state index in [2.05, 4.69) is 10.3 Å². The number of methoxy groups -OCH3 is 1. The second kappa shape index (κ2) is 7.92. The fourth-order valence-corrected chi connectivity index (χ4v) is 3.81. The lowest BCUT2D eigenvalue weighted by Crippen LogP contribution is -2.28. The Balaban J connectivity index is 0.00000208. The van der Waals surface area contributed by atoms with Gasteiger partial charge in [-0.15, -0.1) is 23.7 Å². The minimum absolute atomic E-state index is 0. The first kappa shape index (κ1) is 18.6. The molecule has 0 radical (unpaired) electrons. The van der Waals surface area contributed by atoms with E-state index in [1.165, 1.54) is 11.3 Å². The highest BCUT2D eigenvalue weighted by Crippen LogP contribution is 2.39. The van der Waals surface area contributed by atoms with E-state index in [1.54, 1.807) is 7.11 Å². The molecule has 0 fully saturated rings. The maximum absolute atomic E-state index is 12.7. The third-order valence-electron chi connectivity index (χ3n) is 3.73. The molecule has 7 heteroatoms. The van der Waals surface area contributed by atoms with Gasteiger partial charge in [-0.3, -0.25) is 4.79 Å². The van der Waals surface area contributed by atoms with Crippen LogP contribution in [0.5, 0.6) is 5.75 Å². The molecule has 1 amide bonds. The zero-order valence-electron chi connectivity index (χ0n) is 13.3. The van der Waals surface area contributed by atoms with E-state index in [1.807, 2.05) is 43.5 Å². The number of amides is 1. The minimum atomic E-state index is -0.138. The first-order chi connectivity index (χ1) is 11.1. The third kappa shape index (κ3) is 3.53. The van der Waals surface area contributed by atoms with Gasteiger partial charge in [-0.05, 0) is 36.8 Å². The van der Waals surface area contributed by atoms with Crippen LogP contribution in [-0.2, 0) is 0 Å². The molecule has 0 aliphatic heterocycles. The molecule has 2 aromatic heterocycles. The number of halogens is 2. The molecule has 0 saturated carbocycles. The molecule has 1 unspecified atom stereocenters. The molecule has 0 aliphatic rings. The highest BCUT2D eigenvalue weighted by molar-refractivity contribution is 7.21. The van der Waals surface area contributed by atoms with Crippen LogP contribution < -0.4 is 10.1 Å². The van der Waals surface area contributed by atoms with Crippen molar-refractivity contribution in [3.8, 4) is 5.75 Å². The second-order valence-corrected chi connectivity index (χ2v) is 6.65. The Kier molecular flexibility index (Phi) is 6.15. The molecule has 3 aromatic rings. The number of ether oxygens (including phenoxy) is 1. The van der Waals surface area contributed by atoms with Gasteiger partial charge < -0.3 is 15.0 Å². The molecule has 1 atom stereocenters. The van der Waals surface area contributed by atoms with Crippen molar-refractivity contribution in [3.05, 3.63) is 52.1 Å². The van der Waals surface area contributed by atoms with Gasteiger partial charge in [-0.1, -0.05) is 18.5 Å². The van der Waals surface area contributed by atoms with Gasteiger partial charge in [0.05, 0.1) is 13.2 Å². The number of H-pyrrole nitrogens is 1. The van der Waals surface area contributed by atoms with Gasteiger partial charge in [0.25, 0.3) is 5.91 Å². The Morgan fingerprint density at radius 1 is 1.42 bits per heavy atom. The summed E-state index contributed by atoms with van der Waals surface area (Å²) in [5.41, 5.74) is 0.990. The molecule has 3 rings (SSSR count). The summed E-state index contributed by atoms with van der Waals surface area (Å²) in [4.78, 5) is 16.4. The Labute approximate surface area is 155 Å². The predicted molar refractivity (Wildman–Crippen MR) is 102 cm³/mol. The largest absolute Gasteiger partial charge is 0.494 e. The summed E-state index contributed by atoms with van der Waals surface area (Å²) in [6.45, 7) is 2.04. The summed E-state index contributed by atoms with van der Waals surface area (Å²) in [5, 5.41) is 4.55. The summed E-state index contributed by atoms with van der Waals surface area (Å²) in [5.74, 6) is 0.437. The van der Waals surface area contributed by atoms with Gasteiger partial charge in [-0.25, -0.2) is 0 Å². The van der Waals surface area contributed by atoms with Crippen molar-refractivity contribution < 1.29 is 9.53 Å². The number of aromatic amines is 1. The number of thiophene rings is 1. The summed E-state index contributed by atoms with van der Waals surface area (Å²) in [6, 6.07) is 9.38. The van der Waals surface area contributed by atoms with Gasteiger partial charge >= 0.3 is 0 Å². The summed E-state index contributed by atoms with van der Waals surface area (Å²) >= 11 is 7.46. The molecular weight excluding hydrogens is 367 g/mol. The zero-order valence-corrected chi connectivity index (χ0v) is 15.6. The number of hydrogen-bond donors (Lipinski definition) is 2. The van der Waals surface area contributed by atoms with E-state index < -0.39 is 0 Å². The van der Waals surface area contributed by atoms with E-state index in [-0.39, 0.29) is 24.4 Å². The van der Waals surface area contributed by atoms with E-state index in [4.69, 9.17) is 16.3 Å². The first-order valence-electron chi connectivity index (χ1n) is 7.34. The standard InChI is InChI=1S/C17H17ClN2O2S.ClH/c1-3-12(13-5-4-8-19-13)20-17(21)16-15(22-2)11-9-10(18)6-7-14(11)23-16;/h4-9,12,19H,3H2,1-2H3,(H,20,21);1H. The smallest absolute Gasteiger partial charge is 0.265 e. The number of carbonyl (C=O) groups excluding carboxylic acids is 1. The van der Waals surface area contributed by atoms with Crippen molar-refractivity contribution in [2.24, 2.45) is 0 Å². The molecule has 2 heterocycles. The van der Waals surface area contributed by atoms with Crippen LogP contribution in [0.4, 0.5) is 0 Å². The molecular formula is C17H18Cl2N2O2S. The van der Waals surface area contributed by atoms with Crippen molar-refractivity contribution in [3.63, 3.8) is 0 Å². The van der Waals surface area contributed by atoms with Crippen LogP contribution in [0.1, 0.15) is 34.8 Å². The quantitative estimate of drug-likeness (QED) is 0.635. The number of fused-ring (bicyclic) bond motifs is 1. The summed E-state index contributed by atoms with van der Waals surface area (Å²) < 4.78 is 6.44. The van der Waals surface area contributed by atoms with Crippen LogP contribution in [0.25, 0.3) is 10.1 Å².